The van der Waals surface area contributed by atoms with Gasteiger partial charge in [-0.15, -0.1) is 0 Å². The molecule has 4 aromatic rings. The molecule has 0 heterocycles. The van der Waals surface area contributed by atoms with Gasteiger partial charge in [0.1, 0.15) is 17.7 Å². The molecule has 0 aliphatic rings. The Hall–Kier alpha value is -3.80. The summed E-state index contributed by atoms with van der Waals surface area (Å²) in [7, 11) is 0. The van der Waals surface area contributed by atoms with Gasteiger partial charge in [0.05, 0.1) is 6.42 Å². The van der Waals surface area contributed by atoms with Crippen molar-refractivity contribution < 1.29 is 23.5 Å². The second kappa shape index (κ2) is 8.52. The lowest BCUT2D eigenvalue weighted by Gasteiger charge is -2.18. The Morgan fingerprint density at radius 1 is 0.806 bits per heavy atom. The van der Waals surface area contributed by atoms with Crippen LogP contribution in [0.5, 0.6) is 0 Å². The number of hydrogen-bond acceptors (Lipinski definition) is 2. The first kappa shape index (κ1) is 20.5. The lowest BCUT2D eigenvalue weighted by molar-refractivity contribution is -0.141. The molecule has 4 rings (SSSR count). The number of fused-ring (bicyclic) bond motifs is 2. The standard InChI is InChI=1S/C25H19F2NO3/c26-21-10-5-11-22(27)20(21)14-24(29)28-23(25(30)31)13-19-17-8-3-1-6-15(17)12-16-7-2-4-9-18(16)19/h1-12,23H,13-14H2,(H,28,29)(H,30,31)/t23-/m1/s1. The van der Waals surface area contributed by atoms with Gasteiger partial charge in [0.15, 0.2) is 0 Å². The van der Waals surface area contributed by atoms with Crippen LogP contribution < -0.4 is 5.32 Å². The van der Waals surface area contributed by atoms with Crippen LogP contribution in [0.4, 0.5) is 8.78 Å². The minimum absolute atomic E-state index is 0.0305. The Labute approximate surface area is 177 Å². The Balaban J connectivity index is 1.66. The van der Waals surface area contributed by atoms with Crippen molar-refractivity contribution in [1.29, 1.82) is 0 Å². The number of aliphatic carboxylic acids is 1. The van der Waals surface area contributed by atoms with E-state index in [0.29, 0.717) is 0 Å². The van der Waals surface area contributed by atoms with Crippen LogP contribution in [-0.4, -0.2) is 23.0 Å². The SMILES string of the molecule is O=C(Cc1c(F)cccc1F)N[C@H](Cc1c2ccccc2cc2ccccc12)C(=O)O. The average Bonchev–Trinajstić information content (AvgIpc) is 2.75. The molecule has 2 N–H and O–H groups in total. The highest BCUT2D eigenvalue weighted by atomic mass is 19.1. The number of carboxylic acid groups (broad SMARTS) is 1. The predicted molar refractivity (Wildman–Crippen MR) is 115 cm³/mol. The lowest BCUT2D eigenvalue weighted by Crippen LogP contribution is -2.43. The summed E-state index contributed by atoms with van der Waals surface area (Å²) < 4.78 is 27.7. The van der Waals surface area contributed by atoms with Crippen molar-refractivity contribution in [3.8, 4) is 0 Å². The van der Waals surface area contributed by atoms with E-state index in [0.717, 1.165) is 39.2 Å². The van der Waals surface area contributed by atoms with E-state index in [2.05, 4.69) is 5.32 Å². The summed E-state index contributed by atoms with van der Waals surface area (Å²) in [5.74, 6) is -3.68. The molecule has 1 atom stereocenters. The maximum Gasteiger partial charge on any atom is 0.326 e. The van der Waals surface area contributed by atoms with Crippen molar-refractivity contribution in [2.75, 3.05) is 0 Å². The average molecular weight is 419 g/mol. The largest absolute Gasteiger partial charge is 0.480 e. The van der Waals surface area contributed by atoms with Crippen LogP contribution >= 0.6 is 0 Å². The topological polar surface area (TPSA) is 66.4 Å². The van der Waals surface area contributed by atoms with Crippen LogP contribution in [-0.2, 0) is 22.4 Å². The predicted octanol–water partition coefficient (Wildman–Crippen LogP) is 4.63. The summed E-state index contributed by atoms with van der Waals surface area (Å²) in [5, 5.41) is 15.9. The highest BCUT2D eigenvalue weighted by molar-refractivity contribution is 6.02. The van der Waals surface area contributed by atoms with Gasteiger partial charge in [-0.05, 0) is 45.3 Å². The van der Waals surface area contributed by atoms with E-state index in [-0.39, 0.29) is 12.0 Å². The molecule has 0 fully saturated rings. The third-order valence-corrected chi connectivity index (χ3v) is 5.32. The highest BCUT2D eigenvalue weighted by Gasteiger charge is 2.24. The van der Waals surface area contributed by atoms with Gasteiger partial charge >= 0.3 is 5.97 Å². The van der Waals surface area contributed by atoms with Crippen LogP contribution in [0.25, 0.3) is 21.5 Å². The van der Waals surface area contributed by atoms with Crippen molar-refractivity contribution in [1.82, 2.24) is 5.32 Å². The van der Waals surface area contributed by atoms with Crippen molar-refractivity contribution >= 4 is 33.4 Å². The number of amides is 1. The lowest BCUT2D eigenvalue weighted by atomic mass is 9.92. The molecule has 156 valence electrons. The quantitative estimate of drug-likeness (QED) is 0.448. The third-order valence-electron chi connectivity index (χ3n) is 5.32. The first-order valence-electron chi connectivity index (χ1n) is 9.78. The normalized spacial score (nSPS) is 12.1. The molecule has 0 radical (unpaired) electrons. The zero-order valence-electron chi connectivity index (χ0n) is 16.4. The first-order chi connectivity index (χ1) is 14.9. The zero-order valence-corrected chi connectivity index (χ0v) is 16.4. The minimum atomic E-state index is -1.25. The highest BCUT2D eigenvalue weighted by Crippen LogP contribution is 2.29. The smallest absolute Gasteiger partial charge is 0.326 e. The first-order valence-corrected chi connectivity index (χ1v) is 9.78. The molecular formula is C25H19F2NO3. The van der Waals surface area contributed by atoms with Crippen molar-refractivity contribution in [3.05, 3.63) is 95.6 Å². The molecule has 4 nitrogen and oxygen atoms in total. The van der Waals surface area contributed by atoms with E-state index in [4.69, 9.17) is 0 Å². The number of halogens is 2. The zero-order chi connectivity index (χ0) is 22.0. The summed E-state index contributed by atoms with van der Waals surface area (Å²) in [6, 6.07) is 19.4. The molecule has 31 heavy (non-hydrogen) atoms. The van der Waals surface area contributed by atoms with Crippen LogP contribution in [0.1, 0.15) is 11.1 Å². The van der Waals surface area contributed by atoms with E-state index < -0.39 is 36.0 Å². The third kappa shape index (κ3) is 4.23. The van der Waals surface area contributed by atoms with Gasteiger partial charge in [-0.1, -0.05) is 54.6 Å². The van der Waals surface area contributed by atoms with Gasteiger partial charge in [0.25, 0.3) is 0 Å². The van der Waals surface area contributed by atoms with Crippen molar-refractivity contribution in [2.45, 2.75) is 18.9 Å². The van der Waals surface area contributed by atoms with Gasteiger partial charge in [-0.3, -0.25) is 4.79 Å². The Morgan fingerprint density at radius 3 is 1.90 bits per heavy atom. The Kier molecular flexibility index (Phi) is 5.62. The van der Waals surface area contributed by atoms with Gasteiger partial charge in [0, 0.05) is 12.0 Å². The summed E-state index contributed by atoms with van der Waals surface area (Å²) >= 11 is 0. The van der Waals surface area contributed by atoms with Crippen LogP contribution in [0.2, 0.25) is 0 Å². The van der Waals surface area contributed by atoms with E-state index in [9.17, 15) is 23.5 Å². The molecule has 6 heteroatoms. The second-order valence-electron chi connectivity index (χ2n) is 7.34. The monoisotopic (exact) mass is 419 g/mol. The van der Waals surface area contributed by atoms with E-state index in [1.54, 1.807) is 0 Å². The molecule has 0 saturated heterocycles. The Morgan fingerprint density at radius 2 is 1.35 bits per heavy atom. The number of hydrogen-bond donors (Lipinski definition) is 2. The minimum Gasteiger partial charge on any atom is -0.480 e. The molecule has 0 unspecified atom stereocenters. The molecule has 0 bridgehead atoms. The number of benzene rings is 4. The second-order valence-corrected chi connectivity index (χ2v) is 7.34. The van der Waals surface area contributed by atoms with E-state index >= 15 is 0 Å². The van der Waals surface area contributed by atoms with Crippen LogP contribution in [0, 0.1) is 11.6 Å². The summed E-state index contributed by atoms with van der Waals surface area (Å²) in [6.07, 6.45) is -0.554. The van der Waals surface area contributed by atoms with E-state index in [1.165, 1.54) is 6.07 Å². The molecule has 4 aromatic carbocycles. The molecule has 0 saturated carbocycles. The Bertz CT molecular complexity index is 1230. The number of carbonyl (C=O) groups is 2. The molecule has 1 amide bonds. The maximum atomic E-state index is 13.9. The number of nitrogens with one attached hydrogen (secondary N) is 1. The molecule has 0 spiro atoms. The van der Waals surface area contributed by atoms with E-state index in [1.807, 2.05) is 54.6 Å². The van der Waals surface area contributed by atoms with Crippen LogP contribution in [0.15, 0.2) is 72.8 Å². The van der Waals surface area contributed by atoms with Crippen molar-refractivity contribution in [3.63, 3.8) is 0 Å². The summed E-state index contributed by atoms with van der Waals surface area (Å²) in [5.41, 5.74) is 0.401. The number of rotatable bonds is 6. The fraction of sp³-hybridized carbons (Fsp3) is 0.120. The van der Waals surface area contributed by atoms with Crippen molar-refractivity contribution in [2.24, 2.45) is 0 Å². The summed E-state index contributed by atoms with van der Waals surface area (Å²) in [4.78, 5) is 24.4. The van der Waals surface area contributed by atoms with Gasteiger partial charge < -0.3 is 10.4 Å². The molecular weight excluding hydrogens is 400 g/mol. The van der Waals surface area contributed by atoms with Gasteiger partial charge in [-0.25, -0.2) is 13.6 Å². The molecule has 0 aliphatic carbocycles. The van der Waals surface area contributed by atoms with Gasteiger partial charge in [0.2, 0.25) is 5.91 Å². The number of carbonyl (C=O) groups excluding carboxylic acids is 1. The molecule has 0 aromatic heterocycles. The fourth-order valence-electron chi connectivity index (χ4n) is 3.84. The number of carboxylic acids is 1. The summed E-state index contributed by atoms with van der Waals surface area (Å²) in [6.45, 7) is 0. The fourth-order valence-corrected chi connectivity index (χ4v) is 3.84. The van der Waals surface area contributed by atoms with Crippen LogP contribution in [0.3, 0.4) is 0 Å². The molecule has 0 aliphatic heterocycles. The maximum absolute atomic E-state index is 13.9. The van der Waals surface area contributed by atoms with Gasteiger partial charge in [-0.2, -0.15) is 0 Å².